The molecule has 0 aromatic carbocycles. The Hall–Kier alpha value is -0.777. The molecule has 0 aliphatic heterocycles. The summed E-state index contributed by atoms with van der Waals surface area (Å²) in [5.41, 5.74) is -1.53. The Balaban J connectivity index is -0.000000128. The molecule has 0 fully saturated rings. The number of carbonyl (C=O) groups is 2. The number of ketones is 2. The largest absolute Gasteiger partial charge is 0.512 e. The zero-order valence-electron chi connectivity index (χ0n) is 25.4. The van der Waals surface area contributed by atoms with E-state index in [4.69, 9.17) is 10.2 Å². The molecule has 208 valence electrons. The summed E-state index contributed by atoms with van der Waals surface area (Å²) in [6.45, 7) is 29.1. The second-order valence-corrected chi connectivity index (χ2v) is 13.0. The van der Waals surface area contributed by atoms with Crippen LogP contribution < -0.4 is 0 Å². The van der Waals surface area contributed by atoms with Gasteiger partial charge in [-0.05, 0) is 27.7 Å². The Morgan fingerprint density at radius 2 is 0.657 bits per heavy atom. The molecule has 6 nitrogen and oxygen atoms in total. The van der Waals surface area contributed by atoms with E-state index in [0.717, 1.165) is 0 Å². The number of aliphatic hydroxyl groups is 4. The molecule has 0 saturated heterocycles. The Labute approximate surface area is 235 Å². The van der Waals surface area contributed by atoms with E-state index in [-0.39, 0.29) is 72.3 Å². The molecule has 0 saturated carbocycles. The van der Waals surface area contributed by atoms with Crippen molar-refractivity contribution < 1.29 is 56.2 Å². The van der Waals surface area contributed by atoms with Crippen molar-refractivity contribution >= 4 is 11.6 Å². The maximum Gasteiger partial charge on any atom is 0.164 e. The molecule has 0 bridgehead atoms. The topological polar surface area (TPSA) is 115 Å². The number of rotatable bonds is 2. The van der Waals surface area contributed by atoms with Crippen molar-refractivity contribution in [3.05, 3.63) is 23.7 Å². The number of hydrogen-bond acceptors (Lipinski definition) is 6. The molecule has 0 aromatic rings. The van der Waals surface area contributed by atoms with Crippen LogP contribution in [-0.2, 0) is 35.8 Å². The van der Waals surface area contributed by atoms with Crippen LogP contribution in [0.3, 0.4) is 0 Å². The van der Waals surface area contributed by atoms with E-state index in [0.29, 0.717) is 0 Å². The van der Waals surface area contributed by atoms with Gasteiger partial charge in [-0.15, -0.1) is 0 Å². The molecule has 0 heterocycles. The van der Waals surface area contributed by atoms with E-state index in [1.54, 1.807) is 27.7 Å². The van der Waals surface area contributed by atoms with Crippen LogP contribution in [0.4, 0.5) is 0 Å². The van der Waals surface area contributed by atoms with E-state index in [1.807, 2.05) is 83.1 Å². The zero-order valence-corrected chi connectivity index (χ0v) is 27.9. The van der Waals surface area contributed by atoms with Gasteiger partial charge < -0.3 is 20.4 Å². The second kappa shape index (κ2) is 18.5. The first-order chi connectivity index (χ1) is 14.6. The maximum atomic E-state index is 11.5. The molecule has 0 aliphatic rings. The van der Waals surface area contributed by atoms with Crippen LogP contribution in [0.25, 0.3) is 0 Å². The Kier molecular flexibility index (Phi) is 23.3. The summed E-state index contributed by atoms with van der Waals surface area (Å²) in [5, 5.41) is 35.2. The quantitative estimate of drug-likeness (QED) is 0.208. The Morgan fingerprint density at radius 1 is 0.514 bits per heavy atom. The van der Waals surface area contributed by atoms with Crippen molar-refractivity contribution in [2.45, 2.75) is 123 Å². The fourth-order valence-electron chi connectivity index (χ4n) is 1.11. The van der Waals surface area contributed by atoms with Crippen LogP contribution >= 0.6 is 0 Å². The van der Waals surface area contributed by atoms with Gasteiger partial charge >= 0.3 is 0 Å². The van der Waals surface area contributed by atoms with Crippen molar-refractivity contribution in [2.75, 3.05) is 0 Å². The summed E-state index contributed by atoms with van der Waals surface area (Å²) in [5.74, 6) is 0.208. The van der Waals surface area contributed by atoms with Gasteiger partial charge in [0.25, 0.3) is 0 Å². The van der Waals surface area contributed by atoms with E-state index in [9.17, 15) is 19.8 Å². The molecule has 0 aromatic heterocycles. The third-order valence-electron chi connectivity index (χ3n) is 3.55. The van der Waals surface area contributed by atoms with Gasteiger partial charge in [0.15, 0.2) is 11.6 Å². The molecule has 0 amide bonds. The second-order valence-electron chi connectivity index (χ2n) is 13.0. The number of aliphatic hydroxyl groups excluding tert-OH is 4. The van der Waals surface area contributed by atoms with Gasteiger partial charge in [-0.25, -0.2) is 0 Å². The molecule has 7 heteroatoms. The molecule has 0 atom stereocenters. The third kappa shape index (κ3) is 33.2. The first kappa shape index (κ1) is 44.2. The molecular formula is C28H56O6Zr. The van der Waals surface area contributed by atoms with Crippen LogP contribution in [0, 0.1) is 21.7 Å². The third-order valence-corrected chi connectivity index (χ3v) is 3.55. The molecule has 0 rings (SSSR count). The van der Waals surface area contributed by atoms with Crippen LogP contribution in [0.5, 0.6) is 0 Å². The normalized spacial score (nSPS) is 12.8. The van der Waals surface area contributed by atoms with Crippen molar-refractivity contribution in [1.82, 2.24) is 0 Å². The average molecular weight is 580 g/mol. The smallest absolute Gasteiger partial charge is 0.164 e. The molecular weight excluding hydrogens is 524 g/mol. The van der Waals surface area contributed by atoms with E-state index >= 15 is 0 Å². The Morgan fingerprint density at radius 3 is 0.743 bits per heavy atom. The minimum Gasteiger partial charge on any atom is -0.512 e. The SMILES string of the molecule is CC(C)(C)C(=O)/C=C(\O)C(C)(C)C.CC(C)(C)C(=O)/C=C(\O)C(C)(C)C.CC(C)O.CC(C)O.[Zr]. The number of hydrogen-bond donors (Lipinski definition) is 4. The monoisotopic (exact) mass is 578 g/mol. The van der Waals surface area contributed by atoms with Crippen molar-refractivity contribution in [3.63, 3.8) is 0 Å². The van der Waals surface area contributed by atoms with Crippen LogP contribution in [0.15, 0.2) is 23.7 Å². The van der Waals surface area contributed by atoms with Gasteiger partial charge in [0.2, 0.25) is 0 Å². The summed E-state index contributed by atoms with van der Waals surface area (Å²) in [6.07, 6.45) is 2.33. The van der Waals surface area contributed by atoms with Crippen molar-refractivity contribution in [2.24, 2.45) is 21.7 Å². The van der Waals surface area contributed by atoms with Crippen LogP contribution in [0.2, 0.25) is 0 Å². The first-order valence-corrected chi connectivity index (χ1v) is 11.8. The van der Waals surface area contributed by atoms with Gasteiger partial charge in [-0.3, -0.25) is 9.59 Å². The molecule has 0 radical (unpaired) electrons. The summed E-state index contributed by atoms with van der Waals surface area (Å²) in [6, 6.07) is 0. The summed E-state index contributed by atoms with van der Waals surface area (Å²) < 4.78 is 0. The maximum absolute atomic E-state index is 11.5. The molecule has 35 heavy (non-hydrogen) atoms. The average Bonchev–Trinajstić information content (AvgIpc) is 2.50. The minimum absolute atomic E-state index is 0. The predicted octanol–water partition coefficient (Wildman–Crippen LogP) is 6.95. The van der Waals surface area contributed by atoms with Gasteiger partial charge in [0.05, 0.1) is 0 Å². The molecule has 0 aliphatic carbocycles. The summed E-state index contributed by atoms with van der Waals surface area (Å²) in [7, 11) is 0. The molecule has 0 unspecified atom stereocenters. The van der Waals surface area contributed by atoms with Crippen LogP contribution in [0.1, 0.15) is 111 Å². The van der Waals surface area contributed by atoms with Gasteiger partial charge in [0.1, 0.15) is 11.5 Å². The zero-order chi connectivity index (χ0) is 28.9. The van der Waals surface area contributed by atoms with Crippen LogP contribution in [-0.4, -0.2) is 44.2 Å². The van der Waals surface area contributed by atoms with Gasteiger partial charge in [-0.2, -0.15) is 0 Å². The fraction of sp³-hybridized carbons (Fsp3) is 0.786. The molecule has 0 spiro atoms. The van der Waals surface area contributed by atoms with Gasteiger partial charge in [-0.1, -0.05) is 83.1 Å². The number of carbonyl (C=O) groups excluding carboxylic acids is 2. The van der Waals surface area contributed by atoms with Crippen molar-refractivity contribution in [1.29, 1.82) is 0 Å². The predicted molar refractivity (Wildman–Crippen MR) is 144 cm³/mol. The van der Waals surface area contributed by atoms with Gasteiger partial charge in [0, 0.05) is 72.2 Å². The molecule has 4 N–H and O–H groups in total. The standard InChI is InChI=1S/2C11H20O2.2C3H8O.Zr/c2*1-10(2,3)8(12)7-9(13)11(4,5)6;2*1-3(2)4;/h2*7,12H,1-6H3;2*3-4H,1-2H3;/b2*8-7-;;;. The Bertz CT molecular complexity index is 583. The number of allylic oxidation sites excluding steroid dienone is 4. The summed E-state index contributed by atoms with van der Waals surface area (Å²) >= 11 is 0. The van der Waals surface area contributed by atoms with E-state index in [1.165, 1.54) is 12.2 Å². The van der Waals surface area contributed by atoms with Crippen molar-refractivity contribution in [3.8, 4) is 0 Å². The van der Waals surface area contributed by atoms with E-state index < -0.39 is 10.8 Å². The first-order valence-electron chi connectivity index (χ1n) is 11.8. The fourth-order valence-corrected chi connectivity index (χ4v) is 1.11. The summed E-state index contributed by atoms with van der Waals surface area (Å²) in [4.78, 5) is 23.0. The van der Waals surface area contributed by atoms with E-state index in [2.05, 4.69) is 0 Å². The minimum atomic E-state index is -0.417.